The summed E-state index contributed by atoms with van der Waals surface area (Å²) >= 11 is 0. The molecule has 0 spiro atoms. The molecule has 0 fully saturated rings. The van der Waals surface area contributed by atoms with Crippen LogP contribution in [0.2, 0.25) is 0 Å². The summed E-state index contributed by atoms with van der Waals surface area (Å²) in [5, 5.41) is 13.3. The van der Waals surface area contributed by atoms with Crippen molar-refractivity contribution in [3.63, 3.8) is 0 Å². The van der Waals surface area contributed by atoms with Crippen molar-refractivity contribution in [2.45, 2.75) is 129 Å². The SMILES string of the molecule is CCCCCCCCCCCCCCCCCCCC/C=C/NC(=O)NCO. The van der Waals surface area contributed by atoms with Crippen LogP contribution in [0.5, 0.6) is 0 Å². The summed E-state index contributed by atoms with van der Waals surface area (Å²) in [4.78, 5) is 11.0. The highest BCUT2D eigenvalue weighted by molar-refractivity contribution is 5.74. The lowest BCUT2D eigenvalue weighted by atomic mass is 10.0. The Morgan fingerprint density at radius 2 is 1.07 bits per heavy atom. The van der Waals surface area contributed by atoms with E-state index in [0.717, 1.165) is 6.42 Å². The van der Waals surface area contributed by atoms with E-state index in [2.05, 4.69) is 17.6 Å². The zero-order valence-electron chi connectivity index (χ0n) is 18.7. The monoisotopic (exact) mass is 396 g/mol. The fourth-order valence-electron chi connectivity index (χ4n) is 3.50. The first-order valence-corrected chi connectivity index (χ1v) is 12.1. The number of aliphatic hydroxyl groups is 1. The fourth-order valence-corrected chi connectivity index (χ4v) is 3.50. The third-order valence-electron chi connectivity index (χ3n) is 5.30. The summed E-state index contributed by atoms with van der Waals surface area (Å²) in [6.45, 7) is 1.95. The van der Waals surface area contributed by atoms with Crippen molar-refractivity contribution in [3.05, 3.63) is 12.3 Å². The number of aliphatic hydroxyl groups excluding tert-OH is 1. The average Bonchev–Trinajstić information content (AvgIpc) is 2.69. The Bertz CT molecular complexity index is 345. The summed E-state index contributed by atoms with van der Waals surface area (Å²) in [7, 11) is 0. The van der Waals surface area contributed by atoms with Crippen LogP contribution in [-0.2, 0) is 0 Å². The van der Waals surface area contributed by atoms with Crippen LogP contribution in [0.4, 0.5) is 4.79 Å². The molecular formula is C24H48N2O2. The number of nitrogens with one attached hydrogen (secondary N) is 2. The number of urea groups is 1. The molecule has 0 aliphatic carbocycles. The molecule has 0 saturated carbocycles. The molecule has 4 nitrogen and oxygen atoms in total. The van der Waals surface area contributed by atoms with Gasteiger partial charge in [0.15, 0.2) is 0 Å². The second-order valence-corrected chi connectivity index (χ2v) is 8.01. The van der Waals surface area contributed by atoms with Crippen LogP contribution >= 0.6 is 0 Å². The number of hydrogen-bond acceptors (Lipinski definition) is 2. The number of carbonyl (C=O) groups is 1. The third kappa shape index (κ3) is 23.0. The van der Waals surface area contributed by atoms with Crippen LogP contribution < -0.4 is 10.6 Å². The van der Waals surface area contributed by atoms with E-state index >= 15 is 0 Å². The number of carbonyl (C=O) groups excluding carboxylic acids is 1. The topological polar surface area (TPSA) is 61.4 Å². The van der Waals surface area contributed by atoms with Gasteiger partial charge in [-0.3, -0.25) is 0 Å². The molecule has 0 aliphatic heterocycles. The van der Waals surface area contributed by atoms with Crippen molar-refractivity contribution in [2.24, 2.45) is 0 Å². The summed E-state index contributed by atoms with van der Waals surface area (Å²) in [6.07, 6.45) is 29.7. The minimum Gasteiger partial charge on any atom is -0.376 e. The molecule has 0 aromatic rings. The predicted octanol–water partition coefficient (Wildman–Crippen LogP) is 7.18. The molecule has 0 aromatic heterocycles. The maximum atomic E-state index is 11.0. The van der Waals surface area contributed by atoms with E-state index in [0.29, 0.717) is 0 Å². The van der Waals surface area contributed by atoms with E-state index in [1.54, 1.807) is 6.20 Å². The van der Waals surface area contributed by atoms with Gasteiger partial charge in [0.1, 0.15) is 6.73 Å². The number of unbranched alkanes of at least 4 members (excludes halogenated alkanes) is 18. The summed E-state index contributed by atoms with van der Waals surface area (Å²) in [5.41, 5.74) is 0. The molecule has 0 unspecified atom stereocenters. The molecular weight excluding hydrogens is 348 g/mol. The van der Waals surface area contributed by atoms with E-state index in [1.165, 1.54) is 116 Å². The van der Waals surface area contributed by atoms with Crippen molar-refractivity contribution in [1.82, 2.24) is 10.6 Å². The van der Waals surface area contributed by atoms with E-state index in [4.69, 9.17) is 5.11 Å². The largest absolute Gasteiger partial charge is 0.376 e. The number of hydrogen-bond donors (Lipinski definition) is 3. The molecule has 0 radical (unpaired) electrons. The lowest BCUT2D eigenvalue weighted by molar-refractivity contribution is 0.220. The summed E-state index contributed by atoms with van der Waals surface area (Å²) in [6, 6.07) is -0.364. The second kappa shape index (κ2) is 24.0. The molecule has 0 atom stereocenters. The lowest BCUT2D eigenvalue weighted by Crippen LogP contribution is -2.32. The fraction of sp³-hybridized carbons (Fsp3) is 0.875. The quantitative estimate of drug-likeness (QED) is 0.142. The molecule has 166 valence electrons. The Labute approximate surface area is 174 Å². The highest BCUT2D eigenvalue weighted by Gasteiger charge is 1.95. The molecule has 0 saturated heterocycles. The molecule has 2 amide bonds. The minimum atomic E-state index is -0.364. The molecule has 0 bridgehead atoms. The average molecular weight is 397 g/mol. The Kier molecular flexibility index (Phi) is 23.1. The highest BCUT2D eigenvalue weighted by Crippen LogP contribution is 2.14. The van der Waals surface area contributed by atoms with Gasteiger partial charge in [-0.25, -0.2) is 4.79 Å². The first-order valence-electron chi connectivity index (χ1n) is 12.1. The number of amides is 2. The molecule has 0 aliphatic rings. The van der Waals surface area contributed by atoms with Crippen molar-refractivity contribution < 1.29 is 9.90 Å². The Morgan fingerprint density at radius 1 is 0.679 bits per heavy atom. The van der Waals surface area contributed by atoms with Crippen molar-refractivity contribution in [1.29, 1.82) is 0 Å². The van der Waals surface area contributed by atoms with Crippen LogP contribution in [0.1, 0.15) is 129 Å². The highest BCUT2D eigenvalue weighted by atomic mass is 16.3. The smallest absolute Gasteiger partial charge is 0.320 e. The second-order valence-electron chi connectivity index (χ2n) is 8.01. The zero-order valence-corrected chi connectivity index (χ0v) is 18.7. The Balaban J connectivity index is 3.08. The molecule has 28 heavy (non-hydrogen) atoms. The third-order valence-corrected chi connectivity index (χ3v) is 5.30. The van der Waals surface area contributed by atoms with Crippen LogP contribution in [0.3, 0.4) is 0 Å². The van der Waals surface area contributed by atoms with Gasteiger partial charge in [0, 0.05) is 6.20 Å². The van der Waals surface area contributed by atoms with Gasteiger partial charge in [-0.05, 0) is 12.8 Å². The molecule has 3 N–H and O–H groups in total. The van der Waals surface area contributed by atoms with Crippen LogP contribution in [0.15, 0.2) is 12.3 Å². The van der Waals surface area contributed by atoms with Gasteiger partial charge in [-0.15, -0.1) is 0 Å². The molecule has 0 heterocycles. The van der Waals surface area contributed by atoms with E-state index in [-0.39, 0.29) is 12.8 Å². The summed E-state index contributed by atoms with van der Waals surface area (Å²) < 4.78 is 0. The van der Waals surface area contributed by atoms with E-state index < -0.39 is 0 Å². The van der Waals surface area contributed by atoms with Gasteiger partial charge >= 0.3 is 6.03 Å². The maximum absolute atomic E-state index is 11.0. The number of allylic oxidation sites excluding steroid dienone is 1. The minimum absolute atomic E-state index is 0.334. The van der Waals surface area contributed by atoms with Gasteiger partial charge < -0.3 is 15.7 Å². The van der Waals surface area contributed by atoms with Crippen LogP contribution in [-0.4, -0.2) is 17.9 Å². The normalized spacial score (nSPS) is 11.2. The van der Waals surface area contributed by atoms with Gasteiger partial charge in [0.05, 0.1) is 0 Å². The number of rotatable bonds is 21. The van der Waals surface area contributed by atoms with Crippen molar-refractivity contribution >= 4 is 6.03 Å². The molecule has 0 aromatic carbocycles. The van der Waals surface area contributed by atoms with Gasteiger partial charge in [-0.1, -0.05) is 122 Å². The van der Waals surface area contributed by atoms with Crippen LogP contribution in [0, 0.1) is 0 Å². The van der Waals surface area contributed by atoms with E-state index in [9.17, 15) is 4.79 Å². The predicted molar refractivity (Wildman–Crippen MR) is 121 cm³/mol. The van der Waals surface area contributed by atoms with Crippen LogP contribution in [0.25, 0.3) is 0 Å². The first-order chi connectivity index (χ1) is 13.8. The Hall–Kier alpha value is -1.03. The Morgan fingerprint density at radius 3 is 1.46 bits per heavy atom. The van der Waals surface area contributed by atoms with E-state index in [1.807, 2.05) is 6.08 Å². The van der Waals surface area contributed by atoms with Gasteiger partial charge in [-0.2, -0.15) is 0 Å². The summed E-state index contributed by atoms with van der Waals surface area (Å²) in [5.74, 6) is 0. The van der Waals surface area contributed by atoms with Gasteiger partial charge in [0.25, 0.3) is 0 Å². The van der Waals surface area contributed by atoms with Crippen molar-refractivity contribution in [3.8, 4) is 0 Å². The standard InChI is InChI=1S/C24H48N2O2/c1-2-3-4-5-6-7-8-9-10-11-12-13-14-15-16-17-18-19-20-21-22-25-24(28)26-23-27/h21-22,27H,2-20,23H2,1H3,(H2,25,26,28)/b22-21+. The molecule has 0 rings (SSSR count). The van der Waals surface area contributed by atoms with Gasteiger partial charge in [0.2, 0.25) is 0 Å². The van der Waals surface area contributed by atoms with Crippen molar-refractivity contribution in [2.75, 3.05) is 6.73 Å². The first kappa shape index (κ1) is 27.0. The lowest BCUT2D eigenvalue weighted by Gasteiger charge is -2.03. The molecule has 4 heteroatoms. The maximum Gasteiger partial charge on any atom is 0.320 e. The zero-order chi connectivity index (χ0) is 20.5.